The van der Waals surface area contributed by atoms with Gasteiger partial charge in [-0.15, -0.1) is 0 Å². The standard InChI is InChI=1S/C15H19NO3S2/c1-19-15-4-2-13(3-5-15)8-11-21(17,18)16-9-6-14-7-10-20-12-14/h2-5,7,10,12,16H,6,8-9,11H2,1H3. The van der Waals surface area contributed by atoms with Crippen LogP contribution in [-0.4, -0.2) is 27.8 Å². The number of hydrogen-bond donors (Lipinski definition) is 1. The van der Waals surface area contributed by atoms with Gasteiger partial charge in [-0.25, -0.2) is 13.1 Å². The first kappa shape index (κ1) is 16.0. The molecule has 0 bridgehead atoms. The average molecular weight is 325 g/mol. The van der Waals surface area contributed by atoms with Crippen LogP contribution in [0.2, 0.25) is 0 Å². The molecule has 0 saturated carbocycles. The Morgan fingerprint density at radius 3 is 2.48 bits per heavy atom. The Balaban J connectivity index is 1.77. The maximum absolute atomic E-state index is 11.9. The first-order valence-corrected chi connectivity index (χ1v) is 9.30. The fourth-order valence-corrected chi connectivity index (χ4v) is 3.67. The van der Waals surface area contributed by atoms with E-state index in [1.165, 1.54) is 0 Å². The van der Waals surface area contributed by atoms with E-state index in [9.17, 15) is 8.42 Å². The molecule has 0 atom stereocenters. The van der Waals surface area contributed by atoms with Gasteiger partial charge in [-0.05, 0) is 52.9 Å². The molecule has 21 heavy (non-hydrogen) atoms. The molecule has 114 valence electrons. The van der Waals surface area contributed by atoms with E-state index in [1.54, 1.807) is 18.4 Å². The van der Waals surface area contributed by atoms with Crippen molar-refractivity contribution in [2.45, 2.75) is 12.8 Å². The van der Waals surface area contributed by atoms with Crippen LogP contribution in [0.5, 0.6) is 5.75 Å². The third-order valence-corrected chi connectivity index (χ3v) is 5.25. The fraction of sp³-hybridized carbons (Fsp3) is 0.333. The van der Waals surface area contributed by atoms with Crippen molar-refractivity contribution >= 4 is 21.4 Å². The highest BCUT2D eigenvalue weighted by atomic mass is 32.2. The molecule has 6 heteroatoms. The Morgan fingerprint density at radius 1 is 1.10 bits per heavy atom. The number of benzene rings is 1. The Morgan fingerprint density at radius 2 is 1.86 bits per heavy atom. The van der Waals surface area contributed by atoms with Crippen molar-refractivity contribution in [1.82, 2.24) is 4.72 Å². The second-order valence-electron chi connectivity index (χ2n) is 4.69. The highest BCUT2D eigenvalue weighted by Gasteiger charge is 2.10. The predicted molar refractivity (Wildman–Crippen MR) is 86.5 cm³/mol. The lowest BCUT2D eigenvalue weighted by atomic mass is 10.2. The minimum atomic E-state index is -3.23. The Kier molecular flexibility index (Phi) is 5.78. The predicted octanol–water partition coefficient (Wildman–Crippen LogP) is 2.46. The first-order chi connectivity index (χ1) is 10.1. The van der Waals surface area contributed by atoms with Gasteiger partial charge in [0, 0.05) is 6.54 Å². The molecular weight excluding hydrogens is 306 g/mol. The van der Waals surface area contributed by atoms with Crippen molar-refractivity contribution in [3.63, 3.8) is 0 Å². The van der Waals surface area contributed by atoms with Gasteiger partial charge in [0.25, 0.3) is 0 Å². The third kappa shape index (κ3) is 5.49. The van der Waals surface area contributed by atoms with E-state index in [4.69, 9.17) is 4.74 Å². The van der Waals surface area contributed by atoms with Crippen molar-refractivity contribution < 1.29 is 13.2 Å². The SMILES string of the molecule is COc1ccc(CCS(=O)(=O)NCCc2ccsc2)cc1. The molecule has 0 aliphatic rings. The zero-order valence-corrected chi connectivity index (χ0v) is 13.5. The van der Waals surface area contributed by atoms with Gasteiger partial charge < -0.3 is 4.74 Å². The summed E-state index contributed by atoms with van der Waals surface area (Å²) in [5, 5.41) is 4.03. The summed E-state index contributed by atoms with van der Waals surface area (Å²) in [5.74, 6) is 0.874. The van der Waals surface area contributed by atoms with Gasteiger partial charge in [0.15, 0.2) is 0 Å². The van der Waals surface area contributed by atoms with Gasteiger partial charge in [-0.2, -0.15) is 11.3 Å². The molecule has 1 aromatic heterocycles. The van der Waals surface area contributed by atoms with Crippen LogP contribution < -0.4 is 9.46 Å². The number of thiophene rings is 1. The van der Waals surface area contributed by atoms with E-state index < -0.39 is 10.0 Å². The fourth-order valence-electron chi connectivity index (χ4n) is 1.90. The molecule has 0 fully saturated rings. The van der Waals surface area contributed by atoms with Crippen LogP contribution in [0.3, 0.4) is 0 Å². The maximum Gasteiger partial charge on any atom is 0.211 e. The lowest BCUT2D eigenvalue weighted by Gasteiger charge is -2.07. The van der Waals surface area contributed by atoms with Crippen LogP contribution in [0, 0.1) is 0 Å². The van der Waals surface area contributed by atoms with Gasteiger partial charge in [0.05, 0.1) is 12.9 Å². The van der Waals surface area contributed by atoms with Crippen LogP contribution in [0.4, 0.5) is 0 Å². The summed E-state index contributed by atoms with van der Waals surface area (Å²) in [6.07, 6.45) is 1.23. The minimum absolute atomic E-state index is 0.100. The molecule has 4 nitrogen and oxygen atoms in total. The minimum Gasteiger partial charge on any atom is -0.497 e. The smallest absolute Gasteiger partial charge is 0.211 e. The quantitative estimate of drug-likeness (QED) is 0.811. The van der Waals surface area contributed by atoms with E-state index in [2.05, 4.69) is 4.72 Å². The molecule has 2 rings (SSSR count). The van der Waals surface area contributed by atoms with Gasteiger partial charge in [-0.1, -0.05) is 12.1 Å². The molecule has 0 radical (unpaired) electrons. The molecule has 1 N–H and O–H groups in total. The Hall–Kier alpha value is -1.37. The number of methoxy groups -OCH3 is 1. The van der Waals surface area contributed by atoms with E-state index in [0.717, 1.165) is 23.3 Å². The topological polar surface area (TPSA) is 55.4 Å². The van der Waals surface area contributed by atoms with E-state index in [-0.39, 0.29) is 5.75 Å². The number of ether oxygens (including phenoxy) is 1. The van der Waals surface area contributed by atoms with E-state index >= 15 is 0 Å². The number of hydrogen-bond acceptors (Lipinski definition) is 4. The van der Waals surface area contributed by atoms with Crippen LogP contribution in [0.15, 0.2) is 41.1 Å². The molecular formula is C15H19NO3S2. The summed E-state index contributed by atoms with van der Waals surface area (Å²) in [6, 6.07) is 9.47. The third-order valence-electron chi connectivity index (χ3n) is 3.13. The van der Waals surface area contributed by atoms with Gasteiger partial charge >= 0.3 is 0 Å². The summed E-state index contributed by atoms with van der Waals surface area (Å²) in [4.78, 5) is 0. The van der Waals surface area contributed by atoms with Crippen LogP contribution >= 0.6 is 11.3 Å². The lowest BCUT2D eigenvalue weighted by molar-refractivity contribution is 0.414. The number of sulfonamides is 1. The molecule has 0 spiro atoms. The lowest BCUT2D eigenvalue weighted by Crippen LogP contribution is -2.29. The van der Waals surface area contributed by atoms with E-state index in [0.29, 0.717) is 13.0 Å². The second-order valence-corrected chi connectivity index (χ2v) is 7.40. The Labute approximate surface area is 129 Å². The highest BCUT2D eigenvalue weighted by Crippen LogP contribution is 2.12. The number of aryl methyl sites for hydroxylation is 1. The molecule has 0 aliphatic carbocycles. The molecule has 0 amide bonds. The number of rotatable bonds is 8. The zero-order chi connectivity index (χ0) is 15.1. The summed E-state index contributed by atoms with van der Waals surface area (Å²) in [6.45, 7) is 0.446. The summed E-state index contributed by atoms with van der Waals surface area (Å²) < 4.78 is 31.6. The molecule has 0 unspecified atom stereocenters. The van der Waals surface area contributed by atoms with Gasteiger partial charge in [0.2, 0.25) is 10.0 Å². The molecule has 1 heterocycles. The Bertz CT molecular complexity index is 634. The average Bonchev–Trinajstić information content (AvgIpc) is 2.99. The maximum atomic E-state index is 11.9. The number of nitrogens with one attached hydrogen (secondary N) is 1. The highest BCUT2D eigenvalue weighted by molar-refractivity contribution is 7.89. The van der Waals surface area contributed by atoms with Crippen molar-refractivity contribution in [3.05, 3.63) is 52.2 Å². The largest absolute Gasteiger partial charge is 0.497 e. The van der Waals surface area contributed by atoms with Gasteiger partial charge in [0.1, 0.15) is 5.75 Å². The van der Waals surface area contributed by atoms with Crippen LogP contribution in [0.1, 0.15) is 11.1 Å². The molecule has 1 aromatic carbocycles. The van der Waals surface area contributed by atoms with Crippen molar-refractivity contribution in [1.29, 1.82) is 0 Å². The van der Waals surface area contributed by atoms with Crippen molar-refractivity contribution in [3.8, 4) is 5.75 Å². The second kappa shape index (κ2) is 7.59. The zero-order valence-electron chi connectivity index (χ0n) is 11.9. The van der Waals surface area contributed by atoms with Crippen molar-refractivity contribution in [2.24, 2.45) is 0 Å². The summed E-state index contributed by atoms with van der Waals surface area (Å²) in [7, 11) is -1.62. The molecule has 0 saturated heterocycles. The van der Waals surface area contributed by atoms with E-state index in [1.807, 2.05) is 41.1 Å². The summed E-state index contributed by atoms with van der Waals surface area (Å²) >= 11 is 1.62. The normalized spacial score (nSPS) is 11.5. The first-order valence-electron chi connectivity index (χ1n) is 6.70. The van der Waals surface area contributed by atoms with Crippen LogP contribution in [0.25, 0.3) is 0 Å². The summed E-state index contributed by atoms with van der Waals surface area (Å²) in [5.41, 5.74) is 2.15. The van der Waals surface area contributed by atoms with Gasteiger partial charge in [-0.3, -0.25) is 0 Å². The van der Waals surface area contributed by atoms with Crippen LogP contribution in [-0.2, 0) is 22.9 Å². The molecule has 2 aromatic rings. The monoisotopic (exact) mass is 325 g/mol. The molecule has 0 aliphatic heterocycles. The van der Waals surface area contributed by atoms with Crippen molar-refractivity contribution in [2.75, 3.05) is 19.4 Å².